The molecule has 2 atom stereocenters. The Hall–Kier alpha value is -1.64. The normalized spacial score (nSPS) is 14.4. The summed E-state index contributed by atoms with van der Waals surface area (Å²) >= 11 is 0. The van der Waals surface area contributed by atoms with Crippen LogP contribution in [0, 0.1) is 0 Å². The minimum absolute atomic E-state index is 0.386. The van der Waals surface area contributed by atoms with E-state index in [4.69, 9.17) is 5.73 Å². The van der Waals surface area contributed by atoms with Crippen LogP contribution in [0.4, 0.5) is 0 Å². The summed E-state index contributed by atoms with van der Waals surface area (Å²) in [6, 6.07) is 18.7. The number of nitrogens with two attached hydrogens (primary N) is 1. The highest BCUT2D eigenvalue weighted by molar-refractivity contribution is 5.25. The van der Waals surface area contributed by atoms with E-state index in [2.05, 4.69) is 0 Å². The molecule has 2 heteroatoms. The van der Waals surface area contributed by atoms with Gasteiger partial charge in [-0.1, -0.05) is 60.7 Å². The molecule has 2 rings (SSSR count). The van der Waals surface area contributed by atoms with Crippen molar-refractivity contribution in [1.29, 1.82) is 0 Å². The van der Waals surface area contributed by atoms with Gasteiger partial charge in [0.1, 0.15) is 0 Å². The first-order chi connectivity index (χ1) is 7.79. The highest BCUT2D eigenvalue weighted by Gasteiger charge is 2.17. The molecule has 3 N–H and O–H groups in total. The monoisotopic (exact) mass is 213 g/mol. The second-order valence-corrected chi connectivity index (χ2v) is 3.79. The summed E-state index contributed by atoms with van der Waals surface area (Å²) in [4.78, 5) is 0. The molecule has 0 heterocycles. The van der Waals surface area contributed by atoms with Gasteiger partial charge < -0.3 is 10.8 Å². The van der Waals surface area contributed by atoms with Crippen LogP contribution in [0.5, 0.6) is 0 Å². The highest BCUT2D eigenvalue weighted by atomic mass is 16.3. The van der Waals surface area contributed by atoms with Crippen molar-refractivity contribution >= 4 is 0 Å². The van der Waals surface area contributed by atoms with Crippen molar-refractivity contribution in [3.63, 3.8) is 0 Å². The second kappa shape index (κ2) is 4.92. The average molecular weight is 213 g/mol. The van der Waals surface area contributed by atoms with Crippen LogP contribution in [0.25, 0.3) is 0 Å². The minimum Gasteiger partial charge on any atom is -0.386 e. The number of benzene rings is 2. The number of aliphatic hydroxyl groups is 1. The van der Waals surface area contributed by atoms with E-state index in [1.54, 1.807) is 0 Å². The Morgan fingerprint density at radius 2 is 1.19 bits per heavy atom. The Morgan fingerprint density at radius 3 is 1.69 bits per heavy atom. The zero-order valence-corrected chi connectivity index (χ0v) is 8.95. The van der Waals surface area contributed by atoms with Gasteiger partial charge in [0.25, 0.3) is 0 Å². The molecule has 0 aromatic heterocycles. The largest absolute Gasteiger partial charge is 0.386 e. The van der Waals surface area contributed by atoms with Gasteiger partial charge in [-0.25, -0.2) is 0 Å². The first-order valence-electron chi connectivity index (χ1n) is 5.32. The van der Waals surface area contributed by atoms with Gasteiger partial charge in [0.05, 0.1) is 12.1 Å². The van der Waals surface area contributed by atoms with E-state index in [0.29, 0.717) is 0 Å². The maximum Gasteiger partial charge on any atom is 0.0982 e. The van der Waals surface area contributed by atoms with E-state index in [1.807, 2.05) is 60.7 Å². The Morgan fingerprint density at radius 1 is 0.750 bits per heavy atom. The van der Waals surface area contributed by atoms with Gasteiger partial charge in [-0.15, -0.1) is 0 Å². The molecule has 0 bridgehead atoms. The van der Waals surface area contributed by atoms with E-state index >= 15 is 0 Å². The summed E-state index contributed by atoms with van der Waals surface area (Å²) in [6.07, 6.45) is -0.663. The molecule has 0 saturated heterocycles. The molecule has 2 aromatic carbocycles. The molecule has 0 spiro atoms. The van der Waals surface area contributed by atoms with E-state index < -0.39 is 6.10 Å². The smallest absolute Gasteiger partial charge is 0.0982 e. The predicted molar refractivity (Wildman–Crippen MR) is 64.8 cm³/mol. The molecule has 0 saturated carbocycles. The zero-order chi connectivity index (χ0) is 11.4. The maximum absolute atomic E-state index is 10.1. The van der Waals surface area contributed by atoms with Gasteiger partial charge in [0.2, 0.25) is 0 Å². The van der Waals surface area contributed by atoms with Gasteiger partial charge in [0.15, 0.2) is 0 Å². The van der Waals surface area contributed by atoms with Crippen LogP contribution in [0.1, 0.15) is 23.3 Å². The Kier molecular flexibility index (Phi) is 3.34. The van der Waals surface area contributed by atoms with Crippen LogP contribution in [-0.2, 0) is 0 Å². The van der Waals surface area contributed by atoms with Crippen molar-refractivity contribution in [3.05, 3.63) is 71.8 Å². The Bertz CT molecular complexity index is 384. The van der Waals surface area contributed by atoms with E-state index in [0.717, 1.165) is 11.1 Å². The Balaban J connectivity index is 2.20. The molecule has 0 aliphatic heterocycles. The summed E-state index contributed by atoms with van der Waals surface area (Å²) in [7, 11) is 0. The third kappa shape index (κ3) is 2.30. The fraction of sp³-hybridized carbons (Fsp3) is 0.143. The van der Waals surface area contributed by atoms with Crippen LogP contribution in [0.3, 0.4) is 0 Å². The van der Waals surface area contributed by atoms with Gasteiger partial charge >= 0.3 is 0 Å². The molecule has 0 aliphatic rings. The Labute approximate surface area is 95.4 Å². The van der Waals surface area contributed by atoms with Crippen LogP contribution >= 0.6 is 0 Å². The highest BCUT2D eigenvalue weighted by Crippen LogP contribution is 2.25. The molecule has 0 fully saturated rings. The molecular weight excluding hydrogens is 198 g/mol. The first kappa shape index (κ1) is 10.9. The van der Waals surface area contributed by atoms with Crippen molar-refractivity contribution in [2.45, 2.75) is 12.1 Å². The van der Waals surface area contributed by atoms with Crippen LogP contribution in [-0.4, -0.2) is 5.11 Å². The molecule has 82 valence electrons. The predicted octanol–water partition coefficient (Wildman–Crippen LogP) is 2.42. The molecule has 0 amide bonds. The van der Waals surface area contributed by atoms with Gasteiger partial charge in [-0.05, 0) is 11.1 Å². The maximum atomic E-state index is 10.1. The fourth-order valence-electron chi connectivity index (χ4n) is 1.72. The lowest BCUT2D eigenvalue weighted by molar-refractivity contribution is 0.147. The van der Waals surface area contributed by atoms with E-state index in [-0.39, 0.29) is 6.04 Å². The number of hydrogen-bond donors (Lipinski definition) is 2. The minimum atomic E-state index is -0.663. The van der Waals surface area contributed by atoms with Gasteiger partial charge in [-0.2, -0.15) is 0 Å². The third-order valence-corrected chi connectivity index (χ3v) is 2.67. The van der Waals surface area contributed by atoms with Gasteiger partial charge in [0, 0.05) is 0 Å². The van der Waals surface area contributed by atoms with Crippen molar-refractivity contribution in [2.75, 3.05) is 0 Å². The van der Waals surface area contributed by atoms with Gasteiger partial charge in [-0.3, -0.25) is 0 Å². The standard InChI is InChI=1S/C14H15NO/c15-13(11-7-3-1-4-8-11)14(16)12-9-5-2-6-10-12/h1-10,13-14,16H,15H2/t13-,14?/m0/s1. The molecule has 1 unspecified atom stereocenters. The first-order valence-corrected chi connectivity index (χ1v) is 5.32. The van der Waals surface area contributed by atoms with Crippen molar-refractivity contribution < 1.29 is 5.11 Å². The van der Waals surface area contributed by atoms with Crippen molar-refractivity contribution in [1.82, 2.24) is 0 Å². The lowest BCUT2D eigenvalue weighted by Crippen LogP contribution is -2.19. The molecule has 0 aliphatic carbocycles. The summed E-state index contributed by atoms with van der Waals surface area (Å²) in [5, 5.41) is 10.1. The topological polar surface area (TPSA) is 46.2 Å². The number of hydrogen-bond acceptors (Lipinski definition) is 2. The number of aliphatic hydroxyl groups excluding tert-OH is 1. The quantitative estimate of drug-likeness (QED) is 0.822. The van der Waals surface area contributed by atoms with E-state index in [9.17, 15) is 5.11 Å². The van der Waals surface area contributed by atoms with Crippen LogP contribution < -0.4 is 5.73 Å². The molecule has 16 heavy (non-hydrogen) atoms. The van der Waals surface area contributed by atoms with E-state index in [1.165, 1.54) is 0 Å². The van der Waals surface area contributed by atoms with Crippen LogP contribution in [0.2, 0.25) is 0 Å². The number of rotatable bonds is 3. The average Bonchev–Trinajstić information content (AvgIpc) is 2.39. The summed E-state index contributed by atoms with van der Waals surface area (Å²) < 4.78 is 0. The summed E-state index contributed by atoms with van der Waals surface area (Å²) in [5.74, 6) is 0. The molecular formula is C14H15NO. The zero-order valence-electron chi connectivity index (χ0n) is 8.95. The molecule has 2 aromatic rings. The lowest BCUT2D eigenvalue weighted by Gasteiger charge is -2.19. The SMILES string of the molecule is N[C@@H](c1ccccc1)C(O)c1ccccc1. The fourth-order valence-corrected chi connectivity index (χ4v) is 1.72. The summed E-state index contributed by atoms with van der Waals surface area (Å²) in [5.41, 5.74) is 7.81. The van der Waals surface area contributed by atoms with Crippen molar-refractivity contribution in [3.8, 4) is 0 Å². The lowest BCUT2D eigenvalue weighted by atomic mass is 9.97. The van der Waals surface area contributed by atoms with Crippen LogP contribution in [0.15, 0.2) is 60.7 Å². The molecule has 0 radical (unpaired) electrons. The summed E-state index contributed by atoms with van der Waals surface area (Å²) in [6.45, 7) is 0. The molecule has 2 nitrogen and oxygen atoms in total. The third-order valence-electron chi connectivity index (χ3n) is 2.67. The van der Waals surface area contributed by atoms with Crippen molar-refractivity contribution in [2.24, 2.45) is 5.73 Å². The second-order valence-electron chi connectivity index (χ2n) is 3.79.